The average molecular weight is 368 g/mol. The zero-order chi connectivity index (χ0) is 18.0. The average Bonchev–Trinajstić information content (AvgIpc) is 2.54. The highest BCUT2D eigenvalue weighted by molar-refractivity contribution is 7.90. The molecule has 3 rings (SSSR count). The van der Waals surface area contributed by atoms with Gasteiger partial charge in [-0.15, -0.1) is 0 Å². The van der Waals surface area contributed by atoms with Crippen LogP contribution < -0.4 is 10.1 Å². The molecule has 9 heteroatoms. The normalized spacial score (nSPS) is 18.4. The van der Waals surface area contributed by atoms with Crippen molar-refractivity contribution in [3.8, 4) is 5.75 Å². The molecule has 1 aromatic carbocycles. The Labute approximate surface area is 142 Å². The Hall–Kier alpha value is -2.55. The number of nitrogens with one attached hydrogen (secondary N) is 1. The molecule has 6 nitrogen and oxygen atoms in total. The number of pyridine rings is 1. The summed E-state index contributed by atoms with van der Waals surface area (Å²) < 4.78 is 52.5. The van der Waals surface area contributed by atoms with Crippen LogP contribution >= 0.6 is 0 Å². The number of fused-ring (bicyclic) bond motifs is 1. The molecule has 2 aromatic rings. The molecular formula is C16H14F2N2O4S. The third-order valence-electron chi connectivity index (χ3n) is 3.73. The van der Waals surface area contributed by atoms with Crippen LogP contribution in [0, 0.1) is 0 Å². The van der Waals surface area contributed by atoms with Gasteiger partial charge in [0.1, 0.15) is 11.4 Å². The van der Waals surface area contributed by atoms with Gasteiger partial charge in [0.05, 0.1) is 23.7 Å². The first-order valence-electron chi connectivity index (χ1n) is 7.34. The monoisotopic (exact) mass is 368 g/mol. The van der Waals surface area contributed by atoms with Crippen LogP contribution in [0.2, 0.25) is 0 Å². The van der Waals surface area contributed by atoms with Crippen LogP contribution in [0.25, 0.3) is 0 Å². The Morgan fingerprint density at radius 1 is 1.24 bits per heavy atom. The van der Waals surface area contributed by atoms with E-state index in [0.717, 1.165) is 11.8 Å². The lowest BCUT2D eigenvalue weighted by atomic mass is 10.0. The van der Waals surface area contributed by atoms with Crippen molar-refractivity contribution in [2.45, 2.75) is 18.4 Å². The maximum absolute atomic E-state index is 12.3. The molecule has 0 fully saturated rings. The zero-order valence-electron chi connectivity index (χ0n) is 12.9. The first kappa shape index (κ1) is 17.3. The van der Waals surface area contributed by atoms with Gasteiger partial charge in [-0.3, -0.25) is 4.79 Å². The molecule has 2 heterocycles. The number of carbonyl (C=O) groups excluding carboxylic acids is 1. The summed E-state index contributed by atoms with van der Waals surface area (Å²) >= 11 is 0. The number of carbonyl (C=O) groups is 1. The fraction of sp³-hybridized carbons (Fsp3) is 0.250. The smallest absolute Gasteiger partial charge is 0.387 e. The lowest BCUT2D eigenvalue weighted by Gasteiger charge is -2.26. The van der Waals surface area contributed by atoms with Crippen LogP contribution in [0.1, 0.15) is 27.7 Å². The molecule has 0 spiro atoms. The molecule has 25 heavy (non-hydrogen) atoms. The lowest BCUT2D eigenvalue weighted by molar-refractivity contribution is -0.0500. The zero-order valence-corrected chi connectivity index (χ0v) is 13.7. The van der Waals surface area contributed by atoms with Gasteiger partial charge in [-0.1, -0.05) is 24.3 Å². The number of benzene rings is 1. The van der Waals surface area contributed by atoms with E-state index < -0.39 is 28.4 Å². The molecule has 1 unspecified atom stereocenters. The molecule has 1 atom stereocenters. The van der Waals surface area contributed by atoms with E-state index in [1.165, 1.54) is 12.1 Å². The van der Waals surface area contributed by atoms with Gasteiger partial charge >= 0.3 is 6.61 Å². The van der Waals surface area contributed by atoms with Gasteiger partial charge in [0, 0.05) is 0 Å². The number of nitrogens with zero attached hydrogens (tertiary/aromatic N) is 1. The maximum Gasteiger partial charge on any atom is 0.387 e. The molecule has 1 amide bonds. The minimum atomic E-state index is -3.33. The predicted octanol–water partition coefficient (Wildman–Crippen LogP) is 2.08. The third kappa shape index (κ3) is 4.11. The molecule has 0 radical (unpaired) electrons. The minimum Gasteiger partial charge on any atom is -0.433 e. The van der Waals surface area contributed by atoms with Gasteiger partial charge in [0.25, 0.3) is 5.91 Å². The highest BCUT2D eigenvalue weighted by Gasteiger charge is 2.30. The number of hydrogen-bond donors (Lipinski definition) is 1. The fourth-order valence-electron chi connectivity index (χ4n) is 2.68. The third-order valence-corrected chi connectivity index (χ3v) is 5.32. The van der Waals surface area contributed by atoms with Crippen LogP contribution in [-0.4, -0.2) is 31.7 Å². The molecule has 1 aliphatic heterocycles. The van der Waals surface area contributed by atoms with Crippen molar-refractivity contribution in [3.05, 3.63) is 59.4 Å². The molecule has 1 N–H and O–H groups in total. The van der Waals surface area contributed by atoms with Crippen LogP contribution in [0.15, 0.2) is 42.6 Å². The van der Waals surface area contributed by atoms with Crippen molar-refractivity contribution >= 4 is 15.7 Å². The summed E-state index contributed by atoms with van der Waals surface area (Å²) in [4.78, 5) is 16.1. The van der Waals surface area contributed by atoms with Crippen molar-refractivity contribution in [3.63, 3.8) is 0 Å². The molecule has 0 saturated heterocycles. The van der Waals surface area contributed by atoms with Gasteiger partial charge < -0.3 is 10.1 Å². The van der Waals surface area contributed by atoms with Crippen LogP contribution in [0.4, 0.5) is 8.78 Å². The maximum atomic E-state index is 12.3. The second-order valence-electron chi connectivity index (χ2n) is 5.54. The molecule has 0 aliphatic carbocycles. The lowest BCUT2D eigenvalue weighted by Crippen LogP contribution is -2.37. The van der Waals surface area contributed by atoms with Crippen molar-refractivity contribution in [1.82, 2.24) is 10.3 Å². The van der Waals surface area contributed by atoms with Crippen molar-refractivity contribution in [2.24, 2.45) is 0 Å². The first-order chi connectivity index (χ1) is 11.8. The Morgan fingerprint density at radius 3 is 2.68 bits per heavy atom. The fourth-order valence-corrected chi connectivity index (χ4v) is 4.31. The van der Waals surface area contributed by atoms with Crippen LogP contribution in [-0.2, 0) is 15.6 Å². The van der Waals surface area contributed by atoms with Crippen molar-refractivity contribution in [2.75, 3.05) is 5.75 Å². The first-order valence-corrected chi connectivity index (χ1v) is 9.16. The predicted molar refractivity (Wildman–Crippen MR) is 85.0 cm³/mol. The Kier molecular flexibility index (Phi) is 4.67. The summed E-state index contributed by atoms with van der Waals surface area (Å²) in [7, 11) is -3.33. The van der Waals surface area contributed by atoms with Crippen LogP contribution in [0.3, 0.4) is 0 Å². The van der Waals surface area contributed by atoms with Crippen LogP contribution in [0.5, 0.6) is 5.75 Å². The number of sulfone groups is 1. The van der Waals surface area contributed by atoms with Crippen molar-refractivity contribution in [1.29, 1.82) is 0 Å². The molecule has 1 aromatic heterocycles. The summed E-state index contributed by atoms with van der Waals surface area (Å²) in [6.07, 6.45) is 1.01. The number of hydrogen-bond acceptors (Lipinski definition) is 5. The standard InChI is InChI=1S/C16H14F2N2O4S/c17-16(18)24-11-5-6-13(19-7-11)15(21)20-14-9-25(22,23)8-10-3-1-2-4-12(10)14/h1-7,14,16H,8-9H2,(H,20,21). The van der Waals surface area contributed by atoms with E-state index in [-0.39, 0.29) is 22.9 Å². The summed E-state index contributed by atoms with van der Waals surface area (Å²) in [5, 5.41) is 2.64. The number of aromatic nitrogens is 1. The highest BCUT2D eigenvalue weighted by Crippen LogP contribution is 2.28. The number of ether oxygens (including phenoxy) is 1. The molecule has 0 saturated carbocycles. The molecular weight excluding hydrogens is 354 g/mol. The second kappa shape index (κ2) is 6.75. The number of amides is 1. The summed E-state index contributed by atoms with van der Waals surface area (Å²) in [6.45, 7) is -2.98. The number of rotatable bonds is 4. The molecule has 1 aliphatic rings. The summed E-state index contributed by atoms with van der Waals surface area (Å²) in [5.41, 5.74) is 1.36. The molecule has 0 bridgehead atoms. The second-order valence-corrected chi connectivity index (χ2v) is 7.65. The minimum absolute atomic E-state index is 0.0259. The van der Waals surface area contributed by atoms with E-state index in [1.54, 1.807) is 24.3 Å². The largest absolute Gasteiger partial charge is 0.433 e. The summed E-state index contributed by atoms with van der Waals surface area (Å²) in [6, 6.07) is 8.71. The SMILES string of the molecule is O=C(NC1CS(=O)(=O)Cc2ccccc21)c1ccc(OC(F)F)cn1. The van der Waals surface area contributed by atoms with E-state index in [9.17, 15) is 22.0 Å². The quantitative estimate of drug-likeness (QED) is 0.893. The Balaban J connectivity index is 1.79. The number of alkyl halides is 2. The van der Waals surface area contributed by atoms with Crippen molar-refractivity contribution < 1.29 is 26.7 Å². The van der Waals surface area contributed by atoms with Gasteiger partial charge in [-0.25, -0.2) is 13.4 Å². The van der Waals surface area contributed by atoms with Gasteiger partial charge in [-0.2, -0.15) is 8.78 Å². The van der Waals surface area contributed by atoms with E-state index in [0.29, 0.717) is 5.56 Å². The van der Waals surface area contributed by atoms with E-state index >= 15 is 0 Å². The van der Waals surface area contributed by atoms with E-state index in [1.807, 2.05) is 0 Å². The Morgan fingerprint density at radius 2 is 2.00 bits per heavy atom. The summed E-state index contributed by atoms with van der Waals surface area (Å²) in [5.74, 6) is -1.03. The van der Waals surface area contributed by atoms with Gasteiger partial charge in [0.2, 0.25) is 0 Å². The van der Waals surface area contributed by atoms with Gasteiger partial charge in [0.15, 0.2) is 9.84 Å². The van der Waals surface area contributed by atoms with E-state index in [4.69, 9.17) is 0 Å². The number of halogens is 2. The topological polar surface area (TPSA) is 85.4 Å². The molecule has 132 valence electrons. The Bertz CT molecular complexity index is 885. The highest BCUT2D eigenvalue weighted by atomic mass is 32.2. The van der Waals surface area contributed by atoms with E-state index in [2.05, 4.69) is 15.0 Å². The van der Waals surface area contributed by atoms with Gasteiger partial charge in [-0.05, 0) is 23.3 Å².